The summed E-state index contributed by atoms with van der Waals surface area (Å²) in [5, 5.41) is 3.47. The highest BCUT2D eigenvalue weighted by atomic mass is 35.5. The van der Waals surface area contributed by atoms with Crippen LogP contribution >= 0.6 is 11.6 Å². The zero-order valence-electron chi connectivity index (χ0n) is 11.0. The molecule has 2 nitrogen and oxygen atoms in total. The van der Waals surface area contributed by atoms with Gasteiger partial charge in [0.15, 0.2) is 0 Å². The number of rotatable bonds is 8. The van der Waals surface area contributed by atoms with Crippen LogP contribution in [0.2, 0.25) is 5.02 Å². The van der Waals surface area contributed by atoms with Crippen molar-refractivity contribution in [1.29, 1.82) is 0 Å². The van der Waals surface area contributed by atoms with E-state index in [4.69, 9.17) is 16.3 Å². The largest absolute Gasteiger partial charge is 0.379 e. The summed E-state index contributed by atoms with van der Waals surface area (Å²) in [7, 11) is 0. The number of ether oxygens (including phenoxy) is 1. The second kappa shape index (κ2) is 8.46. The average molecular weight is 274 g/mol. The summed E-state index contributed by atoms with van der Waals surface area (Å²) >= 11 is 5.86. The van der Waals surface area contributed by atoms with Crippen molar-refractivity contribution in [3.63, 3.8) is 0 Å². The first-order valence-electron chi connectivity index (χ1n) is 6.36. The van der Waals surface area contributed by atoms with Crippen molar-refractivity contribution in [1.82, 2.24) is 5.32 Å². The minimum Gasteiger partial charge on any atom is -0.379 e. The Kier molecular flexibility index (Phi) is 7.25. The van der Waals surface area contributed by atoms with Crippen LogP contribution in [0.3, 0.4) is 0 Å². The predicted octanol–water partition coefficient (Wildman–Crippen LogP) is 3.77. The third kappa shape index (κ3) is 5.80. The van der Waals surface area contributed by atoms with Gasteiger partial charge in [-0.25, -0.2) is 4.39 Å². The Morgan fingerprint density at radius 1 is 1.33 bits per heavy atom. The molecule has 0 aliphatic rings. The highest BCUT2D eigenvalue weighted by molar-refractivity contribution is 6.31. The highest BCUT2D eigenvalue weighted by Gasteiger charge is 2.04. The van der Waals surface area contributed by atoms with E-state index in [1.54, 1.807) is 6.07 Å². The van der Waals surface area contributed by atoms with Crippen LogP contribution in [0.5, 0.6) is 0 Å². The summed E-state index contributed by atoms with van der Waals surface area (Å²) < 4.78 is 18.6. The van der Waals surface area contributed by atoms with Crippen LogP contribution in [0.4, 0.5) is 4.39 Å². The highest BCUT2D eigenvalue weighted by Crippen LogP contribution is 2.19. The van der Waals surface area contributed by atoms with E-state index in [1.165, 1.54) is 6.07 Å². The predicted molar refractivity (Wildman–Crippen MR) is 73.4 cm³/mol. The molecule has 1 aromatic carbocycles. The topological polar surface area (TPSA) is 21.3 Å². The smallest absolute Gasteiger partial charge is 0.142 e. The molecule has 0 aliphatic carbocycles. The minimum atomic E-state index is -0.360. The lowest BCUT2D eigenvalue weighted by atomic mass is 10.2. The van der Waals surface area contributed by atoms with E-state index in [2.05, 4.69) is 5.32 Å². The Morgan fingerprint density at radius 2 is 2.11 bits per heavy atom. The summed E-state index contributed by atoms with van der Waals surface area (Å²) in [6.07, 6.45) is 2.37. The zero-order chi connectivity index (χ0) is 13.4. The molecule has 0 amide bonds. The van der Waals surface area contributed by atoms with Gasteiger partial charge in [-0.1, -0.05) is 23.7 Å². The van der Waals surface area contributed by atoms with E-state index in [0.29, 0.717) is 12.6 Å². The summed E-state index contributed by atoms with van der Waals surface area (Å²) in [4.78, 5) is 0. The van der Waals surface area contributed by atoms with Gasteiger partial charge in [0.2, 0.25) is 0 Å². The van der Waals surface area contributed by atoms with Gasteiger partial charge >= 0.3 is 0 Å². The Hall–Kier alpha value is -0.640. The standard InChI is InChI=1S/C14H21ClFNO/c1-11(2)18-9-4-3-8-17-10-12-6-5-7-13(16)14(12)15/h5-7,11,17H,3-4,8-10H2,1-2H3. The lowest BCUT2D eigenvalue weighted by Gasteiger charge is -2.09. The molecule has 0 unspecified atom stereocenters. The molecular formula is C14H21ClFNO. The maximum absolute atomic E-state index is 13.2. The van der Waals surface area contributed by atoms with Crippen molar-refractivity contribution >= 4 is 11.6 Å². The van der Waals surface area contributed by atoms with Gasteiger partial charge in [0.05, 0.1) is 11.1 Å². The molecule has 0 heterocycles. The molecule has 0 saturated carbocycles. The van der Waals surface area contributed by atoms with Crippen molar-refractivity contribution in [2.45, 2.75) is 39.3 Å². The van der Waals surface area contributed by atoms with Crippen molar-refractivity contribution < 1.29 is 9.13 Å². The van der Waals surface area contributed by atoms with Gasteiger partial charge in [0, 0.05) is 13.2 Å². The van der Waals surface area contributed by atoms with Gasteiger partial charge in [-0.2, -0.15) is 0 Å². The molecule has 4 heteroatoms. The van der Waals surface area contributed by atoms with Crippen molar-refractivity contribution in [3.05, 3.63) is 34.6 Å². The van der Waals surface area contributed by atoms with E-state index in [-0.39, 0.29) is 10.8 Å². The average Bonchev–Trinajstić information content (AvgIpc) is 2.32. The molecule has 1 rings (SSSR count). The van der Waals surface area contributed by atoms with Crippen LogP contribution in [-0.4, -0.2) is 19.3 Å². The number of unbranched alkanes of at least 4 members (excludes halogenated alkanes) is 1. The number of nitrogens with one attached hydrogen (secondary N) is 1. The number of halogens is 2. The summed E-state index contributed by atoms with van der Waals surface area (Å²) in [5.41, 5.74) is 0.801. The third-order valence-electron chi connectivity index (χ3n) is 2.55. The van der Waals surface area contributed by atoms with Crippen LogP contribution in [0.1, 0.15) is 32.3 Å². The minimum absolute atomic E-state index is 0.216. The second-order valence-electron chi connectivity index (χ2n) is 4.52. The van der Waals surface area contributed by atoms with Gasteiger partial charge in [-0.3, -0.25) is 0 Å². The van der Waals surface area contributed by atoms with Gasteiger partial charge in [0.25, 0.3) is 0 Å². The van der Waals surface area contributed by atoms with Gasteiger partial charge in [-0.15, -0.1) is 0 Å². The third-order valence-corrected chi connectivity index (χ3v) is 2.97. The van der Waals surface area contributed by atoms with Crippen molar-refractivity contribution in [3.8, 4) is 0 Å². The number of hydrogen-bond acceptors (Lipinski definition) is 2. The van der Waals surface area contributed by atoms with Crippen LogP contribution in [-0.2, 0) is 11.3 Å². The normalized spacial score (nSPS) is 11.2. The molecule has 102 valence electrons. The maximum Gasteiger partial charge on any atom is 0.142 e. The SMILES string of the molecule is CC(C)OCCCCNCc1cccc(F)c1Cl. The van der Waals surface area contributed by atoms with Crippen molar-refractivity contribution in [2.24, 2.45) is 0 Å². The molecule has 18 heavy (non-hydrogen) atoms. The van der Waals surface area contributed by atoms with Crippen LogP contribution in [0.25, 0.3) is 0 Å². The fraction of sp³-hybridized carbons (Fsp3) is 0.571. The van der Waals surface area contributed by atoms with Crippen LogP contribution < -0.4 is 5.32 Å². The van der Waals surface area contributed by atoms with Crippen LogP contribution in [0.15, 0.2) is 18.2 Å². The van der Waals surface area contributed by atoms with E-state index < -0.39 is 0 Å². The van der Waals surface area contributed by atoms with E-state index >= 15 is 0 Å². The number of hydrogen-bond donors (Lipinski definition) is 1. The van der Waals surface area contributed by atoms with E-state index in [1.807, 2.05) is 19.9 Å². The van der Waals surface area contributed by atoms with Gasteiger partial charge < -0.3 is 10.1 Å². The van der Waals surface area contributed by atoms with Crippen molar-refractivity contribution in [2.75, 3.05) is 13.2 Å². The van der Waals surface area contributed by atoms with E-state index in [0.717, 1.165) is 31.6 Å². The fourth-order valence-corrected chi connectivity index (χ4v) is 1.77. The first-order chi connectivity index (χ1) is 8.61. The summed E-state index contributed by atoms with van der Waals surface area (Å²) in [5.74, 6) is -0.360. The molecule has 1 N–H and O–H groups in total. The number of benzene rings is 1. The molecule has 0 saturated heterocycles. The molecule has 1 aromatic rings. The molecule has 0 atom stereocenters. The monoisotopic (exact) mass is 273 g/mol. The van der Waals surface area contributed by atoms with Gasteiger partial charge in [-0.05, 0) is 44.9 Å². The molecule has 0 aliphatic heterocycles. The zero-order valence-corrected chi connectivity index (χ0v) is 11.8. The Balaban J connectivity index is 2.13. The lowest BCUT2D eigenvalue weighted by Crippen LogP contribution is -2.16. The Labute approximate surface area is 113 Å². The van der Waals surface area contributed by atoms with Gasteiger partial charge in [0.1, 0.15) is 5.82 Å². The maximum atomic E-state index is 13.2. The molecule has 0 spiro atoms. The molecule has 0 bridgehead atoms. The molecule has 0 radical (unpaired) electrons. The molecular weight excluding hydrogens is 253 g/mol. The lowest BCUT2D eigenvalue weighted by molar-refractivity contribution is 0.0760. The second-order valence-corrected chi connectivity index (χ2v) is 4.89. The summed E-state index contributed by atoms with van der Waals surface area (Å²) in [6, 6.07) is 4.88. The first-order valence-corrected chi connectivity index (χ1v) is 6.74. The fourth-order valence-electron chi connectivity index (χ4n) is 1.58. The Bertz CT molecular complexity index is 358. The van der Waals surface area contributed by atoms with Crippen LogP contribution in [0, 0.1) is 5.82 Å². The quantitative estimate of drug-likeness (QED) is 0.728. The Morgan fingerprint density at radius 3 is 2.83 bits per heavy atom. The molecule has 0 aromatic heterocycles. The molecule has 0 fully saturated rings. The summed E-state index contributed by atoms with van der Waals surface area (Å²) in [6.45, 7) is 6.34. The van der Waals surface area contributed by atoms with E-state index in [9.17, 15) is 4.39 Å². The first kappa shape index (κ1) is 15.4.